The van der Waals surface area contributed by atoms with Gasteiger partial charge in [0.25, 0.3) is 0 Å². The van der Waals surface area contributed by atoms with Crippen LogP contribution in [0.25, 0.3) is 0 Å². The first-order valence-corrected chi connectivity index (χ1v) is 6.05. The monoisotopic (exact) mass is 251 g/mol. The van der Waals surface area contributed by atoms with Crippen LogP contribution >= 0.6 is 11.8 Å². The van der Waals surface area contributed by atoms with E-state index < -0.39 is 10.9 Å². The van der Waals surface area contributed by atoms with Crippen LogP contribution in [0, 0.1) is 0 Å². The largest absolute Gasteiger partial charge is 0.396 e. The van der Waals surface area contributed by atoms with E-state index in [0.717, 1.165) is 5.56 Å². The fraction of sp³-hybridized carbons (Fsp3) is 0.273. The Balaban J connectivity index is 2.43. The Morgan fingerprint density at radius 3 is 2.76 bits per heavy atom. The zero-order chi connectivity index (χ0) is 12.3. The number of aliphatic hydroxyl groups excluding tert-OH is 1. The third kappa shape index (κ3) is 2.01. The molecule has 1 atom stereocenters. The van der Waals surface area contributed by atoms with Gasteiger partial charge in [-0.05, 0) is 5.56 Å². The Bertz CT molecular complexity index is 438. The maximum absolute atomic E-state index is 11.4. The minimum Gasteiger partial charge on any atom is -0.396 e. The standard InChI is InChI=1S/C11H13N3O2S/c12-10(16)14-11(6-7-15,17-8-13-14)9-4-2-1-3-5-9/h1-5,8,15H,6-7H2,(H2,12,16). The molecule has 0 aliphatic carbocycles. The van der Waals surface area contributed by atoms with Gasteiger partial charge in [0.2, 0.25) is 0 Å². The average molecular weight is 251 g/mol. The molecule has 90 valence electrons. The number of nitrogens with two attached hydrogens (primary N) is 1. The van der Waals surface area contributed by atoms with Crippen LogP contribution < -0.4 is 5.73 Å². The lowest BCUT2D eigenvalue weighted by molar-refractivity contribution is 0.154. The summed E-state index contributed by atoms with van der Waals surface area (Å²) in [6.07, 6.45) is 0.380. The van der Waals surface area contributed by atoms with Gasteiger partial charge in [0, 0.05) is 13.0 Å². The molecule has 2 amide bonds. The summed E-state index contributed by atoms with van der Waals surface area (Å²) in [4.78, 5) is 10.7. The van der Waals surface area contributed by atoms with Gasteiger partial charge in [-0.3, -0.25) is 0 Å². The van der Waals surface area contributed by atoms with Gasteiger partial charge < -0.3 is 10.8 Å². The highest BCUT2D eigenvalue weighted by atomic mass is 32.2. The fourth-order valence-corrected chi connectivity index (χ4v) is 2.92. The number of hydrazone groups is 1. The number of thioether (sulfide) groups is 1. The predicted octanol–water partition coefficient (Wildman–Crippen LogP) is 1.29. The molecule has 1 aromatic carbocycles. The quantitative estimate of drug-likeness (QED) is 0.849. The molecule has 0 bridgehead atoms. The molecule has 17 heavy (non-hydrogen) atoms. The van der Waals surface area contributed by atoms with E-state index in [1.165, 1.54) is 16.8 Å². The lowest BCUT2D eigenvalue weighted by atomic mass is 10.0. The van der Waals surface area contributed by atoms with E-state index in [9.17, 15) is 9.90 Å². The zero-order valence-electron chi connectivity index (χ0n) is 9.11. The molecule has 0 saturated carbocycles. The summed E-state index contributed by atoms with van der Waals surface area (Å²) < 4.78 is 0. The summed E-state index contributed by atoms with van der Waals surface area (Å²) in [5, 5.41) is 14.4. The second-order valence-corrected chi connectivity index (χ2v) is 4.73. The molecule has 0 aromatic heterocycles. The SMILES string of the molecule is NC(=O)N1N=CSC1(CCO)c1ccccc1. The molecule has 2 rings (SSSR count). The van der Waals surface area contributed by atoms with Crippen molar-refractivity contribution >= 4 is 23.3 Å². The zero-order valence-corrected chi connectivity index (χ0v) is 9.93. The molecule has 6 heteroatoms. The number of hydrogen-bond donors (Lipinski definition) is 2. The first-order valence-electron chi connectivity index (χ1n) is 5.17. The number of rotatable bonds is 3. The van der Waals surface area contributed by atoms with Crippen LogP contribution in [0.1, 0.15) is 12.0 Å². The van der Waals surface area contributed by atoms with Gasteiger partial charge in [-0.1, -0.05) is 42.1 Å². The average Bonchev–Trinajstić information content (AvgIpc) is 2.76. The molecule has 0 fully saturated rings. The van der Waals surface area contributed by atoms with Crippen molar-refractivity contribution in [2.75, 3.05) is 6.61 Å². The molecule has 0 spiro atoms. The van der Waals surface area contributed by atoms with Gasteiger partial charge in [-0.25, -0.2) is 4.79 Å². The van der Waals surface area contributed by atoms with Crippen LogP contribution in [0.3, 0.4) is 0 Å². The van der Waals surface area contributed by atoms with Gasteiger partial charge in [0.05, 0.1) is 5.55 Å². The fourth-order valence-electron chi connectivity index (χ4n) is 1.89. The van der Waals surface area contributed by atoms with E-state index in [-0.39, 0.29) is 6.61 Å². The molecule has 1 heterocycles. The number of benzene rings is 1. The van der Waals surface area contributed by atoms with Crippen LogP contribution in [-0.2, 0) is 4.87 Å². The van der Waals surface area contributed by atoms with Crippen LogP contribution in [0.4, 0.5) is 4.79 Å². The summed E-state index contributed by atoms with van der Waals surface area (Å²) in [7, 11) is 0. The topological polar surface area (TPSA) is 78.9 Å². The highest BCUT2D eigenvalue weighted by Gasteiger charge is 2.44. The van der Waals surface area contributed by atoms with Crippen molar-refractivity contribution < 1.29 is 9.90 Å². The number of primary amides is 1. The van der Waals surface area contributed by atoms with Gasteiger partial charge in [0.15, 0.2) is 0 Å². The maximum atomic E-state index is 11.4. The first kappa shape index (κ1) is 11.9. The maximum Gasteiger partial charge on any atom is 0.336 e. The normalized spacial score (nSPS) is 23.0. The van der Waals surface area contributed by atoms with E-state index in [4.69, 9.17) is 5.73 Å². The van der Waals surface area contributed by atoms with E-state index in [2.05, 4.69) is 5.10 Å². The number of nitrogens with zero attached hydrogens (tertiary/aromatic N) is 2. The van der Waals surface area contributed by atoms with Gasteiger partial charge in [0.1, 0.15) is 4.87 Å². The van der Waals surface area contributed by atoms with Gasteiger partial charge >= 0.3 is 6.03 Å². The summed E-state index contributed by atoms with van der Waals surface area (Å²) in [5.41, 5.74) is 7.79. The highest BCUT2D eigenvalue weighted by molar-refractivity contribution is 8.13. The Hall–Kier alpha value is -1.53. The molecule has 0 radical (unpaired) electrons. The number of carbonyl (C=O) groups is 1. The highest BCUT2D eigenvalue weighted by Crippen LogP contribution is 2.45. The van der Waals surface area contributed by atoms with Crippen molar-refractivity contribution in [2.45, 2.75) is 11.3 Å². The van der Waals surface area contributed by atoms with E-state index in [0.29, 0.717) is 6.42 Å². The number of amides is 2. The van der Waals surface area contributed by atoms with E-state index in [1.54, 1.807) is 5.55 Å². The van der Waals surface area contributed by atoms with Crippen LogP contribution in [0.15, 0.2) is 35.4 Å². The molecule has 1 aliphatic heterocycles. The number of aliphatic hydroxyl groups is 1. The number of carbonyl (C=O) groups excluding carboxylic acids is 1. The van der Waals surface area contributed by atoms with E-state index >= 15 is 0 Å². The molecular formula is C11H13N3O2S. The van der Waals surface area contributed by atoms with Crippen molar-refractivity contribution in [2.24, 2.45) is 10.8 Å². The molecule has 5 nitrogen and oxygen atoms in total. The molecule has 0 saturated heterocycles. The summed E-state index contributed by atoms with van der Waals surface area (Å²) in [6.45, 7) is -0.0466. The Labute approximate surface area is 103 Å². The van der Waals surface area contributed by atoms with Gasteiger partial charge in [-0.15, -0.1) is 0 Å². The first-order chi connectivity index (χ1) is 8.20. The van der Waals surface area contributed by atoms with Crippen molar-refractivity contribution in [3.05, 3.63) is 35.9 Å². The lowest BCUT2D eigenvalue weighted by Crippen LogP contribution is -2.44. The van der Waals surface area contributed by atoms with Crippen LogP contribution in [0.5, 0.6) is 0 Å². The third-order valence-corrected chi connectivity index (χ3v) is 3.84. The van der Waals surface area contributed by atoms with Crippen molar-refractivity contribution in [3.63, 3.8) is 0 Å². The molecule has 3 N–H and O–H groups in total. The molecule has 1 unspecified atom stereocenters. The summed E-state index contributed by atoms with van der Waals surface area (Å²) >= 11 is 1.38. The summed E-state index contributed by atoms with van der Waals surface area (Å²) in [6, 6.07) is 8.83. The van der Waals surface area contributed by atoms with Crippen molar-refractivity contribution in [1.82, 2.24) is 5.01 Å². The smallest absolute Gasteiger partial charge is 0.336 e. The number of urea groups is 1. The molecule has 1 aromatic rings. The van der Waals surface area contributed by atoms with Crippen LogP contribution in [0.2, 0.25) is 0 Å². The predicted molar refractivity (Wildman–Crippen MR) is 67.3 cm³/mol. The minimum absolute atomic E-state index is 0.0466. The van der Waals surface area contributed by atoms with Crippen LogP contribution in [-0.4, -0.2) is 28.3 Å². The second-order valence-electron chi connectivity index (χ2n) is 3.61. The Morgan fingerprint density at radius 2 is 2.18 bits per heavy atom. The number of hydrogen-bond acceptors (Lipinski definition) is 4. The molecular weight excluding hydrogens is 238 g/mol. The van der Waals surface area contributed by atoms with Crippen molar-refractivity contribution in [3.8, 4) is 0 Å². The van der Waals surface area contributed by atoms with E-state index in [1.807, 2.05) is 30.3 Å². The Kier molecular flexibility index (Phi) is 3.35. The second kappa shape index (κ2) is 4.77. The Morgan fingerprint density at radius 1 is 1.47 bits per heavy atom. The lowest BCUT2D eigenvalue weighted by Gasteiger charge is -2.34. The molecule has 1 aliphatic rings. The third-order valence-electron chi connectivity index (χ3n) is 2.64. The minimum atomic E-state index is -0.720. The summed E-state index contributed by atoms with van der Waals surface area (Å²) in [5.74, 6) is 0. The van der Waals surface area contributed by atoms with Crippen molar-refractivity contribution in [1.29, 1.82) is 0 Å². The van der Waals surface area contributed by atoms with Gasteiger partial charge in [-0.2, -0.15) is 10.1 Å².